The minimum absolute atomic E-state index is 0.574. The lowest BCUT2D eigenvalue weighted by Gasteiger charge is -2.34. The van der Waals surface area contributed by atoms with Crippen molar-refractivity contribution in [2.24, 2.45) is 17.3 Å². The second kappa shape index (κ2) is 6.36. The number of nitrogens with one attached hydrogen (secondary N) is 2. The van der Waals surface area contributed by atoms with Crippen LogP contribution in [0.1, 0.15) is 71.6 Å². The summed E-state index contributed by atoms with van der Waals surface area (Å²) in [5.41, 5.74) is 0.574. The zero-order chi connectivity index (χ0) is 14.0. The van der Waals surface area contributed by atoms with Crippen molar-refractivity contribution in [2.45, 2.75) is 83.7 Å². The SMILES string of the molecule is CC(C)(CCNC1CCCC1C1CCCCN1)C1CC1. The van der Waals surface area contributed by atoms with Gasteiger partial charge in [-0.05, 0) is 75.3 Å². The number of hydrogen-bond donors (Lipinski definition) is 2. The fourth-order valence-corrected chi connectivity index (χ4v) is 4.62. The Morgan fingerprint density at radius 2 is 1.85 bits per heavy atom. The maximum Gasteiger partial charge on any atom is 0.0110 e. The average Bonchev–Trinajstić information content (AvgIpc) is 3.21. The van der Waals surface area contributed by atoms with Gasteiger partial charge in [0.15, 0.2) is 0 Å². The summed E-state index contributed by atoms with van der Waals surface area (Å²) in [6.45, 7) is 7.43. The van der Waals surface area contributed by atoms with Crippen LogP contribution < -0.4 is 10.6 Å². The molecule has 0 aromatic rings. The van der Waals surface area contributed by atoms with Gasteiger partial charge < -0.3 is 10.6 Å². The largest absolute Gasteiger partial charge is 0.314 e. The van der Waals surface area contributed by atoms with E-state index >= 15 is 0 Å². The van der Waals surface area contributed by atoms with Crippen LogP contribution in [0.5, 0.6) is 0 Å². The molecule has 116 valence electrons. The van der Waals surface area contributed by atoms with Gasteiger partial charge in [-0.25, -0.2) is 0 Å². The Bertz CT molecular complexity index is 303. The molecule has 2 nitrogen and oxygen atoms in total. The molecule has 0 spiro atoms. The molecule has 1 aliphatic heterocycles. The highest BCUT2D eigenvalue weighted by molar-refractivity contribution is 4.93. The molecule has 2 aliphatic carbocycles. The highest BCUT2D eigenvalue weighted by Crippen LogP contribution is 2.47. The van der Waals surface area contributed by atoms with E-state index < -0.39 is 0 Å². The first kappa shape index (κ1) is 14.8. The van der Waals surface area contributed by atoms with Crippen LogP contribution in [-0.2, 0) is 0 Å². The maximum absolute atomic E-state index is 3.93. The molecular weight excluding hydrogens is 244 g/mol. The van der Waals surface area contributed by atoms with Crippen molar-refractivity contribution in [3.05, 3.63) is 0 Å². The van der Waals surface area contributed by atoms with Crippen molar-refractivity contribution in [2.75, 3.05) is 13.1 Å². The van der Waals surface area contributed by atoms with Gasteiger partial charge in [0, 0.05) is 12.1 Å². The van der Waals surface area contributed by atoms with Crippen molar-refractivity contribution in [1.29, 1.82) is 0 Å². The standard InChI is InChI=1S/C18H34N2/c1-18(2,14-9-10-14)11-13-20-17-8-5-6-15(17)16-7-3-4-12-19-16/h14-17,19-20H,3-13H2,1-2H3. The highest BCUT2D eigenvalue weighted by atomic mass is 15.0. The van der Waals surface area contributed by atoms with Gasteiger partial charge in [-0.2, -0.15) is 0 Å². The zero-order valence-corrected chi connectivity index (χ0v) is 13.6. The van der Waals surface area contributed by atoms with Crippen molar-refractivity contribution in [1.82, 2.24) is 10.6 Å². The van der Waals surface area contributed by atoms with Crippen LogP contribution in [0.15, 0.2) is 0 Å². The number of hydrogen-bond acceptors (Lipinski definition) is 2. The summed E-state index contributed by atoms with van der Waals surface area (Å²) in [6, 6.07) is 1.60. The minimum atomic E-state index is 0.574. The molecule has 0 bridgehead atoms. The molecule has 0 amide bonds. The third-order valence-electron chi connectivity index (χ3n) is 6.29. The van der Waals surface area contributed by atoms with E-state index in [4.69, 9.17) is 0 Å². The molecule has 3 unspecified atom stereocenters. The Morgan fingerprint density at radius 3 is 2.55 bits per heavy atom. The lowest BCUT2D eigenvalue weighted by atomic mass is 9.83. The third kappa shape index (κ3) is 3.57. The molecule has 0 radical (unpaired) electrons. The molecule has 3 fully saturated rings. The summed E-state index contributed by atoms with van der Waals surface area (Å²) in [5.74, 6) is 1.92. The summed E-state index contributed by atoms with van der Waals surface area (Å²) >= 11 is 0. The number of piperidine rings is 1. The van der Waals surface area contributed by atoms with Gasteiger partial charge in [0.05, 0.1) is 0 Å². The summed E-state index contributed by atoms with van der Waals surface area (Å²) in [7, 11) is 0. The first-order chi connectivity index (χ1) is 9.67. The Labute approximate surface area is 125 Å². The van der Waals surface area contributed by atoms with E-state index in [9.17, 15) is 0 Å². The van der Waals surface area contributed by atoms with Crippen molar-refractivity contribution in [3.63, 3.8) is 0 Å². The Morgan fingerprint density at radius 1 is 1.00 bits per heavy atom. The van der Waals surface area contributed by atoms with Crippen LogP contribution in [-0.4, -0.2) is 25.2 Å². The Kier molecular flexibility index (Phi) is 4.72. The van der Waals surface area contributed by atoms with Crippen LogP contribution in [0, 0.1) is 17.3 Å². The fourth-order valence-electron chi connectivity index (χ4n) is 4.62. The maximum atomic E-state index is 3.93. The second-order valence-corrected chi connectivity index (χ2v) is 8.22. The predicted molar refractivity (Wildman–Crippen MR) is 85.9 cm³/mol. The van der Waals surface area contributed by atoms with Gasteiger partial charge >= 0.3 is 0 Å². The van der Waals surface area contributed by atoms with Gasteiger partial charge in [-0.3, -0.25) is 0 Å². The second-order valence-electron chi connectivity index (χ2n) is 8.22. The van der Waals surface area contributed by atoms with E-state index in [1.807, 2.05) is 0 Å². The normalized spacial score (nSPS) is 35.4. The molecule has 0 aromatic heterocycles. The molecule has 3 atom stereocenters. The van der Waals surface area contributed by atoms with Crippen LogP contribution in [0.2, 0.25) is 0 Å². The summed E-state index contributed by atoms with van der Waals surface area (Å²) in [6.07, 6.45) is 12.8. The van der Waals surface area contributed by atoms with E-state index in [2.05, 4.69) is 24.5 Å². The lowest BCUT2D eigenvalue weighted by molar-refractivity contribution is 0.237. The molecule has 0 aromatic carbocycles. The van der Waals surface area contributed by atoms with E-state index in [1.54, 1.807) is 0 Å². The first-order valence-corrected chi connectivity index (χ1v) is 9.13. The summed E-state index contributed by atoms with van der Waals surface area (Å²) in [4.78, 5) is 0. The summed E-state index contributed by atoms with van der Waals surface area (Å²) in [5, 5.41) is 7.71. The molecule has 1 heterocycles. The molecule has 3 aliphatic rings. The molecule has 2 saturated carbocycles. The van der Waals surface area contributed by atoms with Crippen LogP contribution in [0.3, 0.4) is 0 Å². The van der Waals surface area contributed by atoms with Gasteiger partial charge in [0.2, 0.25) is 0 Å². The van der Waals surface area contributed by atoms with E-state index in [0.29, 0.717) is 5.41 Å². The Hall–Kier alpha value is -0.0800. The monoisotopic (exact) mass is 278 g/mol. The smallest absolute Gasteiger partial charge is 0.0110 e. The third-order valence-corrected chi connectivity index (χ3v) is 6.29. The molecule has 3 rings (SSSR count). The predicted octanol–water partition coefficient (Wildman–Crippen LogP) is 3.71. The zero-order valence-electron chi connectivity index (χ0n) is 13.6. The van der Waals surface area contributed by atoms with Gasteiger partial charge in [-0.15, -0.1) is 0 Å². The quantitative estimate of drug-likeness (QED) is 0.774. The van der Waals surface area contributed by atoms with E-state index in [0.717, 1.165) is 23.9 Å². The van der Waals surface area contributed by atoms with Crippen molar-refractivity contribution >= 4 is 0 Å². The summed E-state index contributed by atoms with van der Waals surface area (Å²) < 4.78 is 0. The number of rotatable bonds is 6. The van der Waals surface area contributed by atoms with E-state index in [1.165, 1.54) is 70.9 Å². The van der Waals surface area contributed by atoms with Gasteiger partial charge in [0.25, 0.3) is 0 Å². The highest BCUT2D eigenvalue weighted by Gasteiger charge is 2.38. The molecule has 1 saturated heterocycles. The molecule has 2 heteroatoms. The first-order valence-electron chi connectivity index (χ1n) is 9.13. The van der Waals surface area contributed by atoms with E-state index in [-0.39, 0.29) is 0 Å². The van der Waals surface area contributed by atoms with Gasteiger partial charge in [0.1, 0.15) is 0 Å². The van der Waals surface area contributed by atoms with Crippen molar-refractivity contribution in [3.8, 4) is 0 Å². The van der Waals surface area contributed by atoms with Crippen LogP contribution >= 0.6 is 0 Å². The minimum Gasteiger partial charge on any atom is -0.314 e. The molecular formula is C18H34N2. The van der Waals surface area contributed by atoms with Crippen molar-refractivity contribution < 1.29 is 0 Å². The Balaban J connectivity index is 1.43. The topological polar surface area (TPSA) is 24.1 Å². The fraction of sp³-hybridized carbons (Fsp3) is 1.00. The lowest BCUT2D eigenvalue weighted by Crippen LogP contribution is -2.47. The van der Waals surface area contributed by atoms with Gasteiger partial charge in [-0.1, -0.05) is 26.7 Å². The van der Waals surface area contributed by atoms with Crippen LogP contribution in [0.4, 0.5) is 0 Å². The molecule has 20 heavy (non-hydrogen) atoms. The average molecular weight is 278 g/mol. The van der Waals surface area contributed by atoms with Crippen LogP contribution in [0.25, 0.3) is 0 Å². The molecule has 2 N–H and O–H groups in total.